The fourth-order valence-electron chi connectivity index (χ4n) is 0.760. The molecule has 10 heavy (non-hydrogen) atoms. The van der Waals surface area contributed by atoms with Crippen LogP contribution in [0.4, 0.5) is 5.69 Å². The summed E-state index contributed by atoms with van der Waals surface area (Å²) in [5, 5.41) is 12.5. The van der Waals surface area contributed by atoms with Crippen LogP contribution in [-0.4, -0.2) is 12.2 Å². The van der Waals surface area contributed by atoms with Gasteiger partial charge >= 0.3 is 0 Å². The van der Waals surface area contributed by atoms with Gasteiger partial charge in [0.05, 0.1) is 10.7 Å². The molecule has 2 nitrogen and oxygen atoms in total. The van der Waals surface area contributed by atoms with E-state index in [9.17, 15) is 0 Å². The van der Waals surface area contributed by atoms with Crippen LogP contribution >= 0.6 is 11.6 Å². The largest absolute Gasteiger partial charge is 0.506 e. The molecule has 0 radical (unpaired) electrons. The van der Waals surface area contributed by atoms with Gasteiger partial charge in [-0.1, -0.05) is 17.7 Å². The van der Waals surface area contributed by atoms with Gasteiger partial charge in [-0.15, -0.1) is 0 Å². The molecular formula is C7H8ClNO. The topological polar surface area (TPSA) is 32.3 Å². The molecule has 0 unspecified atom stereocenters. The van der Waals surface area contributed by atoms with Crippen molar-refractivity contribution < 1.29 is 5.11 Å². The number of para-hydroxylation sites is 1. The van der Waals surface area contributed by atoms with Gasteiger partial charge in [0.1, 0.15) is 5.75 Å². The van der Waals surface area contributed by atoms with E-state index >= 15 is 0 Å². The first kappa shape index (κ1) is 7.22. The molecule has 0 heterocycles. The highest BCUT2D eigenvalue weighted by molar-refractivity contribution is 6.33. The van der Waals surface area contributed by atoms with E-state index in [2.05, 4.69) is 5.32 Å². The molecule has 3 heteroatoms. The van der Waals surface area contributed by atoms with Crippen LogP contribution in [0.5, 0.6) is 5.75 Å². The third-order valence-corrected chi connectivity index (χ3v) is 1.56. The Balaban J connectivity index is 3.17. The fourth-order valence-corrected chi connectivity index (χ4v) is 1.02. The molecule has 0 amide bonds. The minimum atomic E-state index is 0.176. The van der Waals surface area contributed by atoms with E-state index in [-0.39, 0.29) is 5.75 Å². The van der Waals surface area contributed by atoms with Crippen LogP contribution in [0.15, 0.2) is 18.2 Å². The average molecular weight is 158 g/mol. The van der Waals surface area contributed by atoms with E-state index in [0.29, 0.717) is 10.7 Å². The highest BCUT2D eigenvalue weighted by Gasteiger charge is 2.00. The molecule has 0 saturated heterocycles. The number of phenolic OH excluding ortho intramolecular Hbond substituents is 1. The molecule has 0 aliphatic rings. The summed E-state index contributed by atoms with van der Waals surface area (Å²) in [6, 6.07) is 4.99. The summed E-state index contributed by atoms with van der Waals surface area (Å²) in [6.07, 6.45) is 0. The molecule has 54 valence electrons. The number of aromatic hydroxyl groups is 1. The van der Waals surface area contributed by atoms with E-state index < -0.39 is 0 Å². The minimum absolute atomic E-state index is 0.176. The number of anilines is 1. The van der Waals surface area contributed by atoms with E-state index in [1.54, 1.807) is 25.2 Å². The van der Waals surface area contributed by atoms with Crippen molar-refractivity contribution in [2.75, 3.05) is 12.4 Å². The molecular weight excluding hydrogens is 150 g/mol. The Labute approximate surface area is 64.4 Å². The molecule has 2 N–H and O–H groups in total. The summed E-state index contributed by atoms with van der Waals surface area (Å²) in [4.78, 5) is 0. The average Bonchev–Trinajstić information content (AvgIpc) is 1.88. The molecule has 0 aromatic heterocycles. The molecule has 0 aliphatic carbocycles. The van der Waals surface area contributed by atoms with Gasteiger partial charge in [0.2, 0.25) is 0 Å². The fraction of sp³-hybridized carbons (Fsp3) is 0.143. The highest BCUT2D eigenvalue weighted by atomic mass is 35.5. The van der Waals surface area contributed by atoms with Gasteiger partial charge in [-0.3, -0.25) is 0 Å². The summed E-state index contributed by atoms with van der Waals surface area (Å²) >= 11 is 5.71. The van der Waals surface area contributed by atoms with Crippen LogP contribution < -0.4 is 5.32 Å². The number of benzene rings is 1. The van der Waals surface area contributed by atoms with E-state index in [1.165, 1.54) is 0 Å². The zero-order valence-electron chi connectivity index (χ0n) is 5.56. The van der Waals surface area contributed by atoms with Crippen molar-refractivity contribution in [2.24, 2.45) is 0 Å². The summed E-state index contributed by atoms with van der Waals surface area (Å²) in [5.41, 5.74) is 0.573. The van der Waals surface area contributed by atoms with Crippen LogP contribution in [0.2, 0.25) is 5.02 Å². The molecule has 0 spiro atoms. The Morgan fingerprint density at radius 3 is 2.60 bits per heavy atom. The predicted molar refractivity (Wildman–Crippen MR) is 42.7 cm³/mol. The van der Waals surface area contributed by atoms with Crippen molar-refractivity contribution in [1.82, 2.24) is 0 Å². The van der Waals surface area contributed by atoms with Crippen molar-refractivity contribution >= 4 is 17.3 Å². The zero-order valence-corrected chi connectivity index (χ0v) is 6.31. The highest BCUT2D eigenvalue weighted by Crippen LogP contribution is 2.29. The maximum atomic E-state index is 9.14. The van der Waals surface area contributed by atoms with Crippen LogP contribution in [0.3, 0.4) is 0 Å². The van der Waals surface area contributed by atoms with Crippen LogP contribution in [-0.2, 0) is 0 Å². The monoisotopic (exact) mass is 157 g/mol. The minimum Gasteiger partial charge on any atom is -0.506 e. The summed E-state index contributed by atoms with van der Waals surface area (Å²) in [7, 11) is 1.71. The molecule has 0 bridgehead atoms. The first-order valence-electron chi connectivity index (χ1n) is 2.91. The van der Waals surface area contributed by atoms with E-state index in [4.69, 9.17) is 16.7 Å². The zero-order chi connectivity index (χ0) is 7.56. The lowest BCUT2D eigenvalue weighted by Gasteiger charge is -2.03. The maximum absolute atomic E-state index is 9.14. The number of hydrogen-bond donors (Lipinski definition) is 2. The molecule has 1 aromatic carbocycles. The molecule has 0 fully saturated rings. The summed E-state index contributed by atoms with van der Waals surface area (Å²) in [5.74, 6) is 0.176. The maximum Gasteiger partial charge on any atom is 0.140 e. The van der Waals surface area contributed by atoms with Crippen molar-refractivity contribution in [2.45, 2.75) is 0 Å². The Bertz CT molecular complexity index is 217. The van der Waals surface area contributed by atoms with Gasteiger partial charge in [-0.2, -0.15) is 0 Å². The van der Waals surface area contributed by atoms with Crippen molar-refractivity contribution in [1.29, 1.82) is 0 Å². The lowest BCUT2D eigenvalue weighted by atomic mass is 10.3. The van der Waals surface area contributed by atoms with Crippen molar-refractivity contribution in [3.63, 3.8) is 0 Å². The van der Waals surface area contributed by atoms with Crippen LogP contribution in [0, 0.1) is 0 Å². The van der Waals surface area contributed by atoms with Gasteiger partial charge in [-0.05, 0) is 12.1 Å². The summed E-state index contributed by atoms with van der Waals surface area (Å²) in [6.45, 7) is 0. The third kappa shape index (κ3) is 1.16. The second kappa shape index (κ2) is 2.80. The van der Waals surface area contributed by atoms with Crippen molar-refractivity contribution in [3.05, 3.63) is 23.2 Å². The van der Waals surface area contributed by atoms with Crippen LogP contribution in [0.1, 0.15) is 0 Å². The number of rotatable bonds is 1. The Hall–Kier alpha value is -0.890. The lowest BCUT2D eigenvalue weighted by Crippen LogP contribution is -1.88. The second-order valence-electron chi connectivity index (χ2n) is 1.88. The summed E-state index contributed by atoms with van der Waals surface area (Å²) < 4.78 is 0. The van der Waals surface area contributed by atoms with Crippen molar-refractivity contribution in [3.8, 4) is 5.75 Å². The van der Waals surface area contributed by atoms with Crippen LogP contribution in [0.25, 0.3) is 0 Å². The normalized spacial score (nSPS) is 9.40. The first-order chi connectivity index (χ1) is 4.75. The molecule has 0 saturated carbocycles. The van der Waals surface area contributed by atoms with E-state index in [0.717, 1.165) is 0 Å². The molecule has 1 rings (SSSR count). The Morgan fingerprint density at radius 2 is 2.20 bits per heavy atom. The van der Waals surface area contributed by atoms with E-state index in [1.807, 2.05) is 0 Å². The molecule has 0 aliphatic heterocycles. The predicted octanol–water partition coefficient (Wildman–Crippen LogP) is 2.09. The number of hydrogen-bond acceptors (Lipinski definition) is 2. The van der Waals surface area contributed by atoms with Gasteiger partial charge in [0, 0.05) is 7.05 Å². The standard InChI is InChI=1S/C7H8ClNO/c1-9-7-5(8)3-2-4-6(7)10/h2-4,9-10H,1H3. The molecule has 0 atom stereocenters. The number of phenols is 1. The SMILES string of the molecule is CNc1c(O)cccc1Cl. The number of halogens is 1. The second-order valence-corrected chi connectivity index (χ2v) is 2.29. The van der Waals surface area contributed by atoms with Gasteiger partial charge in [0.25, 0.3) is 0 Å². The smallest absolute Gasteiger partial charge is 0.140 e. The Kier molecular flexibility index (Phi) is 2.02. The van der Waals surface area contributed by atoms with Gasteiger partial charge in [-0.25, -0.2) is 0 Å². The molecule has 1 aromatic rings. The van der Waals surface area contributed by atoms with Gasteiger partial charge < -0.3 is 10.4 Å². The quantitative estimate of drug-likeness (QED) is 0.612. The first-order valence-corrected chi connectivity index (χ1v) is 3.28. The van der Waals surface area contributed by atoms with Gasteiger partial charge in [0.15, 0.2) is 0 Å². The lowest BCUT2D eigenvalue weighted by molar-refractivity contribution is 0.477. The Morgan fingerprint density at radius 1 is 1.50 bits per heavy atom. The third-order valence-electron chi connectivity index (χ3n) is 1.24. The number of nitrogens with one attached hydrogen (secondary N) is 1.